The summed E-state index contributed by atoms with van der Waals surface area (Å²) in [6.07, 6.45) is 4.97. The molecule has 2 aromatic rings. The van der Waals surface area contributed by atoms with Crippen LogP contribution in [0, 0.1) is 0 Å². The maximum atomic E-state index is 5.24. The van der Waals surface area contributed by atoms with Gasteiger partial charge in [-0.1, -0.05) is 0 Å². The molecular weight excluding hydrogens is 222 g/mol. The van der Waals surface area contributed by atoms with Crippen LogP contribution in [0.15, 0.2) is 35.7 Å². The van der Waals surface area contributed by atoms with Crippen LogP contribution < -0.4 is 11.2 Å². The van der Waals surface area contributed by atoms with E-state index >= 15 is 0 Å². The lowest BCUT2D eigenvalue weighted by Crippen LogP contribution is -2.24. The van der Waals surface area contributed by atoms with E-state index in [4.69, 9.17) is 5.73 Å². The van der Waals surface area contributed by atoms with Crippen molar-refractivity contribution in [3.63, 3.8) is 0 Å². The van der Waals surface area contributed by atoms with Crippen LogP contribution in [0.1, 0.15) is 5.69 Å². The molecule has 0 fully saturated rings. The highest BCUT2D eigenvalue weighted by atomic mass is 32.1. The molecule has 2 aromatic heterocycles. The van der Waals surface area contributed by atoms with Gasteiger partial charge >= 0.3 is 0 Å². The molecule has 16 heavy (non-hydrogen) atoms. The van der Waals surface area contributed by atoms with E-state index in [1.807, 2.05) is 18.2 Å². The van der Waals surface area contributed by atoms with Crippen molar-refractivity contribution in [1.29, 1.82) is 0 Å². The molecule has 80 valence electrons. The van der Waals surface area contributed by atoms with Crippen LogP contribution in [0.25, 0.3) is 10.9 Å². The van der Waals surface area contributed by atoms with Gasteiger partial charge < -0.3 is 5.73 Å². The quantitative estimate of drug-likeness (QED) is 0.454. The van der Waals surface area contributed by atoms with Crippen LogP contribution in [0.4, 0.5) is 0 Å². The fourth-order valence-corrected chi connectivity index (χ4v) is 1.34. The minimum atomic E-state index is 0.120. The summed E-state index contributed by atoms with van der Waals surface area (Å²) in [7, 11) is 0. The van der Waals surface area contributed by atoms with Crippen molar-refractivity contribution in [1.82, 2.24) is 15.4 Å². The Balaban J connectivity index is 2.37. The van der Waals surface area contributed by atoms with E-state index in [2.05, 4.69) is 32.7 Å². The average Bonchev–Trinajstić information content (AvgIpc) is 2.29. The van der Waals surface area contributed by atoms with Gasteiger partial charge in [-0.15, -0.1) is 0 Å². The minimum absolute atomic E-state index is 0.120. The fourth-order valence-electron chi connectivity index (χ4n) is 1.28. The Labute approximate surface area is 97.4 Å². The lowest BCUT2D eigenvalue weighted by Gasteiger charge is -1.99. The molecule has 0 amide bonds. The van der Waals surface area contributed by atoms with E-state index in [0.717, 1.165) is 10.9 Å². The number of thiocarbonyl (C=S) groups is 1. The molecule has 0 aliphatic carbocycles. The summed E-state index contributed by atoms with van der Waals surface area (Å²) in [5, 5.41) is 4.91. The molecular formula is C10H9N5S. The van der Waals surface area contributed by atoms with Gasteiger partial charge in [-0.3, -0.25) is 15.4 Å². The number of nitrogens with zero attached hydrogens (tertiary/aromatic N) is 3. The second-order valence-electron chi connectivity index (χ2n) is 3.00. The standard InChI is InChI=1S/C10H9N5S/c11-10(16)15-14-6-9-7-2-1-4-12-8(7)3-5-13-9/h1-6H,(H3,11,15,16)/b14-6-. The van der Waals surface area contributed by atoms with Gasteiger partial charge in [0.15, 0.2) is 5.11 Å². The summed E-state index contributed by atoms with van der Waals surface area (Å²) in [4.78, 5) is 8.40. The molecule has 0 unspecified atom stereocenters. The first-order chi connectivity index (χ1) is 7.77. The van der Waals surface area contributed by atoms with Gasteiger partial charge in [0.2, 0.25) is 0 Å². The summed E-state index contributed by atoms with van der Waals surface area (Å²) < 4.78 is 0. The summed E-state index contributed by atoms with van der Waals surface area (Å²) >= 11 is 4.63. The second-order valence-corrected chi connectivity index (χ2v) is 3.44. The Bertz CT molecular complexity index is 546. The molecule has 0 saturated carbocycles. The zero-order chi connectivity index (χ0) is 11.4. The van der Waals surface area contributed by atoms with E-state index in [1.54, 1.807) is 18.6 Å². The SMILES string of the molecule is NC(=S)N/N=C\c1nccc2ncccc12. The van der Waals surface area contributed by atoms with Crippen LogP contribution in [0.2, 0.25) is 0 Å². The topological polar surface area (TPSA) is 76.2 Å². The monoisotopic (exact) mass is 231 g/mol. The smallest absolute Gasteiger partial charge is 0.184 e. The van der Waals surface area contributed by atoms with Gasteiger partial charge in [0, 0.05) is 17.8 Å². The Hall–Kier alpha value is -2.08. The fraction of sp³-hybridized carbons (Fsp3) is 0. The van der Waals surface area contributed by atoms with Gasteiger partial charge in [-0.05, 0) is 30.4 Å². The number of hydrogen-bond donors (Lipinski definition) is 2. The maximum absolute atomic E-state index is 5.24. The van der Waals surface area contributed by atoms with Crippen molar-refractivity contribution in [3.8, 4) is 0 Å². The first kappa shape index (κ1) is 10.4. The Morgan fingerprint density at radius 2 is 2.25 bits per heavy atom. The number of hydrazone groups is 1. The second kappa shape index (κ2) is 4.63. The van der Waals surface area contributed by atoms with Crippen LogP contribution in [0.3, 0.4) is 0 Å². The number of rotatable bonds is 2. The number of nitrogens with one attached hydrogen (secondary N) is 1. The number of nitrogens with two attached hydrogens (primary N) is 1. The molecule has 0 bridgehead atoms. The van der Waals surface area contributed by atoms with E-state index in [9.17, 15) is 0 Å². The normalized spacial score (nSPS) is 10.8. The lowest BCUT2D eigenvalue weighted by molar-refractivity contribution is 1.04. The van der Waals surface area contributed by atoms with Gasteiger partial charge in [0.1, 0.15) is 0 Å². The summed E-state index contributed by atoms with van der Waals surface area (Å²) in [5.41, 5.74) is 9.31. The van der Waals surface area contributed by atoms with Crippen molar-refractivity contribution in [2.45, 2.75) is 0 Å². The van der Waals surface area contributed by atoms with Crippen molar-refractivity contribution < 1.29 is 0 Å². The number of pyridine rings is 2. The molecule has 0 atom stereocenters. The molecule has 2 rings (SSSR count). The maximum Gasteiger partial charge on any atom is 0.184 e. The van der Waals surface area contributed by atoms with E-state index in [-0.39, 0.29) is 5.11 Å². The Kier molecular flexibility index (Phi) is 3.02. The average molecular weight is 231 g/mol. The van der Waals surface area contributed by atoms with Crippen molar-refractivity contribution in [3.05, 3.63) is 36.3 Å². The van der Waals surface area contributed by atoms with Gasteiger partial charge in [0.25, 0.3) is 0 Å². The third-order valence-electron chi connectivity index (χ3n) is 1.92. The summed E-state index contributed by atoms with van der Waals surface area (Å²) in [5.74, 6) is 0. The zero-order valence-electron chi connectivity index (χ0n) is 8.29. The van der Waals surface area contributed by atoms with Gasteiger partial charge in [0.05, 0.1) is 17.4 Å². The zero-order valence-corrected chi connectivity index (χ0v) is 9.11. The summed E-state index contributed by atoms with van der Waals surface area (Å²) in [6.45, 7) is 0. The summed E-state index contributed by atoms with van der Waals surface area (Å²) in [6, 6.07) is 5.62. The van der Waals surface area contributed by atoms with E-state index in [1.165, 1.54) is 0 Å². The molecule has 0 saturated heterocycles. The van der Waals surface area contributed by atoms with Crippen LogP contribution in [-0.2, 0) is 0 Å². The third-order valence-corrected chi connectivity index (χ3v) is 2.01. The van der Waals surface area contributed by atoms with Crippen LogP contribution in [0.5, 0.6) is 0 Å². The van der Waals surface area contributed by atoms with E-state index < -0.39 is 0 Å². The Morgan fingerprint density at radius 1 is 1.38 bits per heavy atom. The Morgan fingerprint density at radius 3 is 3.06 bits per heavy atom. The van der Waals surface area contributed by atoms with Gasteiger partial charge in [-0.2, -0.15) is 5.10 Å². The highest BCUT2D eigenvalue weighted by Crippen LogP contribution is 2.11. The predicted molar refractivity (Wildman–Crippen MR) is 67.1 cm³/mol. The van der Waals surface area contributed by atoms with Crippen molar-refractivity contribution >= 4 is 34.4 Å². The number of fused-ring (bicyclic) bond motifs is 1. The molecule has 0 aliphatic rings. The highest BCUT2D eigenvalue weighted by molar-refractivity contribution is 7.80. The highest BCUT2D eigenvalue weighted by Gasteiger charge is 1.99. The lowest BCUT2D eigenvalue weighted by atomic mass is 10.2. The molecule has 0 aromatic carbocycles. The number of aromatic nitrogens is 2. The minimum Gasteiger partial charge on any atom is -0.375 e. The van der Waals surface area contributed by atoms with Crippen LogP contribution >= 0.6 is 12.2 Å². The molecule has 0 spiro atoms. The third kappa shape index (κ3) is 2.29. The molecule has 2 heterocycles. The molecule has 6 heteroatoms. The molecule has 0 aliphatic heterocycles. The van der Waals surface area contributed by atoms with Gasteiger partial charge in [-0.25, -0.2) is 0 Å². The first-order valence-corrected chi connectivity index (χ1v) is 4.96. The van der Waals surface area contributed by atoms with Crippen molar-refractivity contribution in [2.75, 3.05) is 0 Å². The molecule has 3 N–H and O–H groups in total. The molecule has 0 radical (unpaired) electrons. The van der Waals surface area contributed by atoms with Crippen molar-refractivity contribution in [2.24, 2.45) is 10.8 Å². The predicted octanol–water partition coefficient (Wildman–Crippen LogP) is 0.797. The van der Waals surface area contributed by atoms with Crippen LogP contribution in [-0.4, -0.2) is 21.3 Å². The largest absolute Gasteiger partial charge is 0.375 e. The molecule has 5 nitrogen and oxygen atoms in total. The number of hydrogen-bond acceptors (Lipinski definition) is 4. The van der Waals surface area contributed by atoms with E-state index in [0.29, 0.717) is 5.69 Å². The first-order valence-electron chi connectivity index (χ1n) is 4.55.